The Morgan fingerprint density at radius 1 is 0.917 bits per heavy atom. The van der Waals surface area contributed by atoms with Crippen LogP contribution in [0.25, 0.3) is 0 Å². The van der Waals surface area contributed by atoms with E-state index in [-0.39, 0.29) is 0 Å². The number of aliphatic hydroxyl groups excluding tert-OH is 1. The summed E-state index contributed by atoms with van der Waals surface area (Å²) in [5.41, 5.74) is 0. The molecule has 70 valence electrons. The molecule has 0 heterocycles. The molecule has 0 saturated carbocycles. The van der Waals surface area contributed by atoms with E-state index in [1.54, 1.807) is 0 Å². The second-order valence-corrected chi connectivity index (χ2v) is 1.57. The quantitative estimate of drug-likeness (QED) is 0.405. The summed E-state index contributed by atoms with van der Waals surface area (Å²) in [6, 6.07) is -2.69. The fourth-order valence-corrected chi connectivity index (χ4v) is 0.291. The first-order chi connectivity index (χ1) is 5.37. The van der Waals surface area contributed by atoms with Crippen LogP contribution < -0.4 is 0 Å². The molecule has 12 heavy (non-hydrogen) atoms. The first kappa shape index (κ1) is 10.9. The van der Waals surface area contributed by atoms with Crippen LogP contribution >= 0.6 is 0 Å². The molecule has 0 aromatic rings. The molecular formula is C5H2F6O. The Morgan fingerprint density at radius 2 is 1.33 bits per heavy atom. The van der Waals surface area contributed by atoms with Crippen molar-refractivity contribution in [2.75, 3.05) is 0 Å². The second kappa shape index (κ2) is 4.03. The predicted octanol–water partition coefficient (Wildman–Crippen LogP) is 3.07. The normalized spacial score (nSPS) is 15.9. The van der Waals surface area contributed by atoms with Gasteiger partial charge in [-0.05, 0) is 0 Å². The molecule has 0 aliphatic carbocycles. The topological polar surface area (TPSA) is 20.2 Å². The number of hydrogen-bond donors (Lipinski definition) is 1. The van der Waals surface area contributed by atoms with Gasteiger partial charge in [-0.15, -0.1) is 0 Å². The molecule has 0 aliphatic heterocycles. The number of rotatable bonds is 2. The van der Waals surface area contributed by atoms with E-state index in [2.05, 4.69) is 0 Å². The van der Waals surface area contributed by atoms with Gasteiger partial charge >= 0.3 is 6.01 Å². The molecule has 1 N–H and O–H groups in total. The van der Waals surface area contributed by atoms with E-state index in [4.69, 9.17) is 5.11 Å². The van der Waals surface area contributed by atoms with Gasteiger partial charge in [-0.3, -0.25) is 0 Å². The van der Waals surface area contributed by atoms with Crippen molar-refractivity contribution < 1.29 is 31.4 Å². The smallest absolute Gasteiger partial charge is 0.309 e. The minimum Gasteiger partial charge on any atom is -0.484 e. The molecule has 0 rings (SSSR count). The molecule has 0 spiro atoms. The molecule has 0 aromatic carbocycles. The van der Waals surface area contributed by atoms with E-state index in [1.807, 2.05) is 0 Å². The van der Waals surface area contributed by atoms with E-state index in [0.717, 1.165) is 0 Å². The van der Waals surface area contributed by atoms with Crippen LogP contribution in [-0.4, -0.2) is 11.5 Å². The Labute approximate surface area is 62.6 Å². The summed E-state index contributed by atoms with van der Waals surface area (Å²) in [4.78, 5) is 0. The molecule has 0 saturated heterocycles. The Kier molecular flexibility index (Phi) is 3.65. The number of halogens is 6. The van der Waals surface area contributed by atoms with Crippen LogP contribution in [0.4, 0.5) is 26.3 Å². The summed E-state index contributed by atoms with van der Waals surface area (Å²) < 4.78 is 69.2. The first-order valence-electron chi connectivity index (χ1n) is 2.45. The largest absolute Gasteiger partial charge is 0.484 e. The zero-order chi connectivity index (χ0) is 9.89. The highest BCUT2D eigenvalue weighted by Crippen LogP contribution is 2.25. The van der Waals surface area contributed by atoms with Crippen LogP contribution in [0.3, 0.4) is 0 Å². The number of aliphatic hydroxyl groups is 1. The average Bonchev–Trinajstić information content (AvgIpc) is 2.00. The molecule has 0 atom stereocenters. The molecular weight excluding hydrogens is 190 g/mol. The van der Waals surface area contributed by atoms with Crippen LogP contribution in [0.5, 0.6) is 0 Å². The minimum atomic E-state index is -3.89. The van der Waals surface area contributed by atoms with Crippen molar-refractivity contribution in [1.29, 1.82) is 0 Å². The Hall–Kier alpha value is -1.14. The maximum absolute atomic E-state index is 11.9. The van der Waals surface area contributed by atoms with E-state index >= 15 is 0 Å². The number of allylic oxidation sites excluding steroid dienone is 3. The lowest BCUT2D eigenvalue weighted by molar-refractivity contribution is 0.151. The van der Waals surface area contributed by atoms with Crippen LogP contribution in [0.2, 0.25) is 0 Å². The van der Waals surface area contributed by atoms with Gasteiger partial charge in [0.05, 0.1) is 0 Å². The third kappa shape index (κ3) is 2.48. The van der Waals surface area contributed by atoms with Gasteiger partial charge in [0.1, 0.15) is 0 Å². The van der Waals surface area contributed by atoms with Crippen molar-refractivity contribution in [2.45, 2.75) is 6.43 Å². The summed E-state index contributed by atoms with van der Waals surface area (Å²) >= 11 is 0. The van der Waals surface area contributed by atoms with Crippen molar-refractivity contribution in [3.8, 4) is 0 Å². The maximum Gasteiger partial charge on any atom is 0.309 e. The lowest BCUT2D eigenvalue weighted by Gasteiger charge is -1.96. The highest BCUT2D eigenvalue weighted by atomic mass is 19.3. The van der Waals surface area contributed by atoms with Crippen LogP contribution in [0.15, 0.2) is 23.5 Å². The second-order valence-electron chi connectivity index (χ2n) is 1.57. The molecule has 0 aliphatic rings. The van der Waals surface area contributed by atoms with Gasteiger partial charge in [0.25, 0.3) is 6.43 Å². The summed E-state index contributed by atoms with van der Waals surface area (Å²) in [6.45, 7) is 0. The highest BCUT2D eigenvalue weighted by molar-refractivity contribution is 5.22. The van der Waals surface area contributed by atoms with E-state index in [0.29, 0.717) is 0 Å². The first-order valence-corrected chi connectivity index (χ1v) is 2.45. The van der Waals surface area contributed by atoms with Gasteiger partial charge in [0, 0.05) is 0 Å². The van der Waals surface area contributed by atoms with Crippen LogP contribution in [0.1, 0.15) is 0 Å². The van der Waals surface area contributed by atoms with Crippen molar-refractivity contribution >= 4 is 0 Å². The zero-order valence-corrected chi connectivity index (χ0v) is 5.29. The van der Waals surface area contributed by atoms with E-state index in [9.17, 15) is 26.3 Å². The predicted molar refractivity (Wildman–Crippen MR) is 27.1 cm³/mol. The fraction of sp³-hybridized carbons (Fsp3) is 0.200. The van der Waals surface area contributed by atoms with E-state index in [1.165, 1.54) is 0 Å². The highest BCUT2D eigenvalue weighted by Gasteiger charge is 2.23. The fourth-order valence-electron chi connectivity index (χ4n) is 0.291. The van der Waals surface area contributed by atoms with Gasteiger partial charge in [0.15, 0.2) is 0 Å². The lowest BCUT2D eigenvalue weighted by atomic mass is 10.4. The van der Waals surface area contributed by atoms with Crippen molar-refractivity contribution in [2.24, 2.45) is 0 Å². The van der Waals surface area contributed by atoms with Crippen molar-refractivity contribution in [3.63, 3.8) is 0 Å². The molecule has 0 unspecified atom stereocenters. The van der Waals surface area contributed by atoms with Gasteiger partial charge in [-0.25, -0.2) is 17.6 Å². The van der Waals surface area contributed by atoms with Crippen LogP contribution in [-0.2, 0) is 0 Å². The molecule has 0 radical (unpaired) electrons. The Morgan fingerprint density at radius 3 is 1.58 bits per heavy atom. The van der Waals surface area contributed by atoms with Crippen molar-refractivity contribution in [1.82, 2.24) is 0 Å². The van der Waals surface area contributed by atoms with Gasteiger partial charge in [-0.2, -0.15) is 8.78 Å². The van der Waals surface area contributed by atoms with Crippen molar-refractivity contribution in [3.05, 3.63) is 23.5 Å². The van der Waals surface area contributed by atoms with Crippen LogP contribution in [0, 0.1) is 0 Å². The molecule has 0 fully saturated rings. The zero-order valence-electron chi connectivity index (χ0n) is 5.29. The third-order valence-corrected chi connectivity index (χ3v) is 0.775. The summed E-state index contributed by atoms with van der Waals surface area (Å²) in [5, 5.41) is 7.57. The maximum atomic E-state index is 11.9. The summed E-state index contributed by atoms with van der Waals surface area (Å²) in [7, 11) is 0. The molecule has 0 aromatic heterocycles. The third-order valence-electron chi connectivity index (χ3n) is 0.775. The molecule has 0 amide bonds. The SMILES string of the molecule is O/C(F)=C(F)/C(F)=C(\F)C(F)F. The van der Waals surface area contributed by atoms with Gasteiger partial charge < -0.3 is 5.11 Å². The number of hydrogen-bond acceptors (Lipinski definition) is 1. The lowest BCUT2D eigenvalue weighted by Crippen LogP contribution is -1.95. The van der Waals surface area contributed by atoms with E-state index < -0.39 is 29.9 Å². The molecule has 0 bridgehead atoms. The minimum absolute atomic E-state index is 2.69. The Balaban J connectivity index is 4.93. The average molecular weight is 192 g/mol. The Bertz CT molecular complexity index is 226. The molecule has 7 heteroatoms. The monoisotopic (exact) mass is 192 g/mol. The summed E-state index contributed by atoms with van der Waals surface area (Å²) in [6.07, 6.45) is -3.89. The summed E-state index contributed by atoms with van der Waals surface area (Å²) in [5.74, 6) is -8.20. The van der Waals surface area contributed by atoms with Gasteiger partial charge in [-0.1, -0.05) is 0 Å². The van der Waals surface area contributed by atoms with Gasteiger partial charge in [0.2, 0.25) is 17.5 Å². The standard InChI is InChI=1S/C5H2F6O/c6-1(2(7)4(9)10)3(8)5(11)12/h4,12H/b2-1+,5-3-. The number of alkyl halides is 2. The molecule has 1 nitrogen and oxygen atoms in total.